The zero-order valence-electron chi connectivity index (χ0n) is 37.8. The minimum atomic E-state index is -0.168. The van der Waals surface area contributed by atoms with Crippen LogP contribution in [0, 0.1) is 5.92 Å². The van der Waals surface area contributed by atoms with E-state index < -0.39 is 0 Å². The summed E-state index contributed by atoms with van der Waals surface area (Å²) in [6.45, 7) is 2.48. The van der Waals surface area contributed by atoms with Crippen molar-refractivity contribution in [3.63, 3.8) is 0 Å². The van der Waals surface area contributed by atoms with Crippen molar-refractivity contribution in [3.05, 3.63) is 210 Å². The lowest BCUT2D eigenvalue weighted by Crippen LogP contribution is -2.39. The summed E-state index contributed by atoms with van der Waals surface area (Å²) in [6.07, 6.45) is 15.3. The van der Waals surface area contributed by atoms with Crippen molar-refractivity contribution < 1.29 is 4.42 Å². The lowest BCUT2D eigenvalue weighted by atomic mass is 9.73. The molecule has 4 aliphatic carbocycles. The highest BCUT2D eigenvalue weighted by Crippen LogP contribution is 2.55. The molecule has 0 spiro atoms. The molecule has 67 heavy (non-hydrogen) atoms. The van der Waals surface area contributed by atoms with Crippen LogP contribution in [0.3, 0.4) is 0 Å². The Labute approximate surface area is 391 Å². The first kappa shape index (κ1) is 37.8. The van der Waals surface area contributed by atoms with Crippen LogP contribution in [0.15, 0.2) is 198 Å². The molecule has 2 unspecified atom stereocenters. The Bertz CT molecular complexity index is 3740. The van der Waals surface area contributed by atoms with Gasteiger partial charge >= 0.3 is 0 Å². The Hall–Kier alpha value is -7.36. The fraction of sp³-hybridized carbons (Fsp3) is 0.188. The van der Waals surface area contributed by atoms with Gasteiger partial charge in [0.15, 0.2) is 0 Å². The molecule has 0 saturated heterocycles. The zero-order chi connectivity index (χ0) is 44.0. The van der Waals surface area contributed by atoms with E-state index in [1.54, 1.807) is 0 Å². The highest BCUT2D eigenvalue weighted by molar-refractivity contribution is 6.11. The number of nitrogens with zero attached hydrogens (tertiary/aromatic N) is 2. The van der Waals surface area contributed by atoms with Gasteiger partial charge in [0.05, 0.1) is 17.1 Å². The molecule has 3 heterocycles. The van der Waals surface area contributed by atoms with Crippen molar-refractivity contribution in [1.29, 1.82) is 0 Å². The molecule has 3 heteroatoms. The van der Waals surface area contributed by atoms with Crippen molar-refractivity contribution in [1.82, 2.24) is 4.57 Å². The summed E-state index contributed by atoms with van der Waals surface area (Å²) in [5, 5.41) is 5.02. The first-order chi connectivity index (χ1) is 33.0. The maximum Gasteiger partial charge on any atom is 0.135 e. The second-order valence-electron chi connectivity index (χ2n) is 20.5. The monoisotopic (exact) mass is 862 g/mol. The van der Waals surface area contributed by atoms with Crippen LogP contribution in [0.1, 0.15) is 74.0 Å². The molecule has 0 N–H and O–H groups in total. The van der Waals surface area contributed by atoms with E-state index in [1.165, 1.54) is 144 Å². The third-order valence-corrected chi connectivity index (χ3v) is 16.1. The number of benzene rings is 8. The number of rotatable bonds is 8. The number of aromatic nitrogens is 1. The molecule has 8 aromatic carbocycles. The van der Waals surface area contributed by atoms with E-state index in [9.17, 15) is 0 Å². The fourth-order valence-corrected chi connectivity index (χ4v) is 12.1. The third kappa shape index (κ3) is 6.03. The van der Waals surface area contributed by atoms with Crippen LogP contribution in [0.5, 0.6) is 0 Å². The molecule has 0 amide bonds. The van der Waals surface area contributed by atoms with Gasteiger partial charge in [-0.15, -0.1) is 0 Å². The lowest BCUT2D eigenvalue weighted by molar-refractivity contribution is 0.543. The minimum Gasteiger partial charge on any atom is -0.456 e. The first-order valence-electron chi connectivity index (χ1n) is 24.7. The molecule has 0 radical (unpaired) electrons. The second kappa shape index (κ2) is 14.1. The van der Waals surface area contributed by atoms with Gasteiger partial charge in [-0.25, -0.2) is 0 Å². The van der Waals surface area contributed by atoms with Crippen LogP contribution in [0.4, 0.5) is 11.4 Å². The standard InChI is InChI=1S/C64H50N2O/c1-64-38-47(41-16-17-41)23-29-63(64)66(52-10-6-3-7-11-52)60-26-20-46(37-57(60)64)50-31-48(30-49(32-50)45-22-28-62-56(36-45)55-35-43(40-14-15-40)21-27-61(55)67-62)44-19-25-59-54(34-44)53-33-42(39-12-13-39)18-24-58(53)65(59)51-8-4-2-5-9-51/h2-11,18-41,63H,12-17H2,1H3. The molecule has 2 aromatic heterocycles. The van der Waals surface area contributed by atoms with Gasteiger partial charge in [0.2, 0.25) is 0 Å². The number of allylic oxidation sites excluding steroid dienone is 2. The molecular formula is C64H50N2O. The van der Waals surface area contributed by atoms with E-state index in [4.69, 9.17) is 4.42 Å². The Morgan fingerprint density at radius 2 is 0.985 bits per heavy atom. The summed E-state index contributed by atoms with van der Waals surface area (Å²) in [7, 11) is 0. The SMILES string of the molecule is CC12C=C(C3CC3)C=CC1N(c1ccccc1)c1ccc(-c3cc(-c4ccc5oc6ccc(C7CC7)cc6c5c4)cc(-c4ccc5c(c4)c4cc(C6CC6)ccc4n5-c4ccccc4)c3)cc12. The number of furan rings is 1. The highest BCUT2D eigenvalue weighted by Gasteiger charge is 2.48. The van der Waals surface area contributed by atoms with Gasteiger partial charge in [0.1, 0.15) is 11.2 Å². The molecule has 2 atom stereocenters. The third-order valence-electron chi connectivity index (χ3n) is 16.1. The predicted molar refractivity (Wildman–Crippen MR) is 278 cm³/mol. The van der Waals surface area contributed by atoms with Gasteiger partial charge in [-0.2, -0.15) is 0 Å². The van der Waals surface area contributed by atoms with Gasteiger partial charge in [-0.05, 0) is 222 Å². The summed E-state index contributed by atoms with van der Waals surface area (Å²) in [5.41, 5.74) is 21.1. The van der Waals surface area contributed by atoms with Crippen LogP contribution in [0.25, 0.3) is 82.8 Å². The molecule has 15 rings (SSSR count). The normalized spacial score (nSPS) is 20.0. The maximum absolute atomic E-state index is 6.47. The summed E-state index contributed by atoms with van der Waals surface area (Å²) >= 11 is 0. The van der Waals surface area contributed by atoms with Crippen LogP contribution in [0.2, 0.25) is 0 Å². The Balaban J connectivity index is 0.934. The van der Waals surface area contributed by atoms with E-state index in [0.29, 0.717) is 17.8 Å². The zero-order valence-corrected chi connectivity index (χ0v) is 37.8. The molecule has 322 valence electrons. The van der Waals surface area contributed by atoms with E-state index in [-0.39, 0.29) is 11.5 Å². The topological polar surface area (TPSA) is 21.3 Å². The number of hydrogen-bond donors (Lipinski definition) is 0. The minimum absolute atomic E-state index is 0.168. The molecule has 3 fully saturated rings. The predicted octanol–water partition coefficient (Wildman–Crippen LogP) is 17.1. The van der Waals surface area contributed by atoms with Gasteiger partial charge in [0, 0.05) is 44.0 Å². The summed E-state index contributed by atoms with van der Waals surface area (Å²) in [6, 6.07) is 64.7. The molecule has 3 nitrogen and oxygen atoms in total. The van der Waals surface area contributed by atoms with E-state index in [2.05, 4.69) is 204 Å². The summed E-state index contributed by atoms with van der Waals surface area (Å²) < 4.78 is 8.92. The number of hydrogen-bond acceptors (Lipinski definition) is 2. The van der Waals surface area contributed by atoms with Crippen LogP contribution < -0.4 is 4.90 Å². The summed E-state index contributed by atoms with van der Waals surface area (Å²) in [5.74, 6) is 2.05. The largest absolute Gasteiger partial charge is 0.456 e. The van der Waals surface area contributed by atoms with Crippen LogP contribution in [-0.4, -0.2) is 10.6 Å². The van der Waals surface area contributed by atoms with E-state index in [1.807, 2.05) is 0 Å². The lowest BCUT2D eigenvalue weighted by Gasteiger charge is -2.36. The van der Waals surface area contributed by atoms with Crippen molar-refractivity contribution in [2.45, 2.75) is 68.7 Å². The quantitative estimate of drug-likeness (QED) is 0.152. The Morgan fingerprint density at radius 3 is 1.66 bits per heavy atom. The smallest absolute Gasteiger partial charge is 0.135 e. The molecule has 0 bridgehead atoms. The molecule has 5 aliphatic rings. The molecular weight excluding hydrogens is 813 g/mol. The molecule has 1 aliphatic heterocycles. The van der Waals surface area contributed by atoms with Crippen molar-refractivity contribution in [2.75, 3.05) is 4.90 Å². The number of anilines is 2. The average Bonchev–Trinajstić information content (AvgIpc) is 4.27. The number of para-hydroxylation sites is 2. The molecule has 10 aromatic rings. The maximum atomic E-state index is 6.47. The summed E-state index contributed by atoms with van der Waals surface area (Å²) in [4.78, 5) is 2.58. The van der Waals surface area contributed by atoms with Gasteiger partial charge in [-0.3, -0.25) is 0 Å². The second-order valence-corrected chi connectivity index (χ2v) is 20.5. The Kier molecular flexibility index (Phi) is 7.95. The highest BCUT2D eigenvalue weighted by atomic mass is 16.3. The van der Waals surface area contributed by atoms with Gasteiger partial charge < -0.3 is 13.9 Å². The van der Waals surface area contributed by atoms with Crippen LogP contribution >= 0.6 is 0 Å². The number of fused-ring (bicyclic) bond motifs is 9. The first-order valence-corrected chi connectivity index (χ1v) is 24.7. The van der Waals surface area contributed by atoms with E-state index >= 15 is 0 Å². The van der Waals surface area contributed by atoms with Gasteiger partial charge in [0.25, 0.3) is 0 Å². The fourth-order valence-electron chi connectivity index (χ4n) is 12.1. The molecule has 3 saturated carbocycles. The average molecular weight is 863 g/mol. The van der Waals surface area contributed by atoms with Crippen molar-refractivity contribution in [2.24, 2.45) is 5.92 Å². The van der Waals surface area contributed by atoms with Gasteiger partial charge in [-0.1, -0.05) is 85.0 Å². The van der Waals surface area contributed by atoms with Crippen LogP contribution in [-0.2, 0) is 5.41 Å². The Morgan fingerprint density at radius 1 is 0.463 bits per heavy atom. The van der Waals surface area contributed by atoms with E-state index in [0.717, 1.165) is 11.2 Å². The van der Waals surface area contributed by atoms with Crippen molar-refractivity contribution in [3.8, 4) is 39.1 Å². The van der Waals surface area contributed by atoms with Crippen molar-refractivity contribution >= 4 is 55.1 Å².